The Labute approximate surface area is 127 Å². The summed E-state index contributed by atoms with van der Waals surface area (Å²) in [5.74, 6) is -0.316. The van der Waals surface area contributed by atoms with Crippen LogP contribution in [0.3, 0.4) is 0 Å². The Kier molecular flexibility index (Phi) is 5.45. The summed E-state index contributed by atoms with van der Waals surface area (Å²) in [6.07, 6.45) is 2.38. The van der Waals surface area contributed by atoms with Gasteiger partial charge in [-0.2, -0.15) is 4.99 Å². The molecule has 1 heterocycles. The Balaban J connectivity index is 1.76. The maximum Gasteiger partial charge on any atom is 0.250 e. The minimum atomic E-state index is -0.229. The molecule has 0 saturated heterocycles. The molecule has 2 rings (SSSR count). The third-order valence-electron chi connectivity index (χ3n) is 2.85. The second kappa shape index (κ2) is 7.54. The van der Waals surface area contributed by atoms with Crippen molar-refractivity contribution in [2.45, 2.75) is 12.8 Å². The van der Waals surface area contributed by atoms with E-state index in [1.54, 1.807) is 4.57 Å². The fraction of sp³-hybridized carbons (Fsp3) is 0.267. The number of nitrogens with one attached hydrogen (secondary N) is 1. The molecule has 0 saturated carbocycles. The van der Waals surface area contributed by atoms with E-state index in [1.165, 1.54) is 11.3 Å². The molecule has 0 unspecified atom stereocenters. The highest BCUT2D eigenvalue weighted by Crippen LogP contribution is 1.99. The normalized spacial score (nSPS) is 11.4. The number of amides is 2. The van der Waals surface area contributed by atoms with Crippen molar-refractivity contribution in [1.82, 2.24) is 9.88 Å². The molecular weight excluding hydrogens is 286 g/mol. The molecule has 2 aromatic rings. The van der Waals surface area contributed by atoms with Gasteiger partial charge in [-0.15, -0.1) is 11.3 Å². The number of nitrogens with zero attached hydrogens (tertiary/aromatic N) is 2. The molecule has 0 spiro atoms. The van der Waals surface area contributed by atoms with Crippen LogP contribution in [0.25, 0.3) is 0 Å². The van der Waals surface area contributed by atoms with Crippen LogP contribution in [0, 0.1) is 0 Å². The molecule has 2 amide bonds. The van der Waals surface area contributed by atoms with E-state index in [0.29, 0.717) is 17.8 Å². The topological polar surface area (TPSA) is 63.5 Å². The smallest absolute Gasteiger partial charge is 0.250 e. The van der Waals surface area contributed by atoms with Crippen LogP contribution in [0.5, 0.6) is 0 Å². The zero-order valence-electron chi connectivity index (χ0n) is 11.8. The minimum absolute atomic E-state index is 0.0873. The number of hydrogen-bond donors (Lipinski definition) is 1. The van der Waals surface area contributed by atoms with Crippen molar-refractivity contribution in [3.05, 3.63) is 52.3 Å². The van der Waals surface area contributed by atoms with Crippen LogP contribution in [0.4, 0.5) is 0 Å². The van der Waals surface area contributed by atoms with Crippen molar-refractivity contribution in [3.8, 4) is 0 Å². The molecule has 0 aliphatic heterocycles. The molecule has 0 fully saturated rings. The standard InChI is InChI=1S/C15H17N3O2S/c1-18-9-10-21-15(18)17-13(19)7-8-16-14(20)11-12-5-3-2-4-6-12/h2-6,9-10H,7-8,11H2,1H3,(H,16,20). The molecule has 1 N–H and O–H groups in total. The van der Waals surface area contributed by atoms with Gasteiger partial charge in [-0.05, 0) is 5.56 Å². The van der Waals surface area contributed by atoms with Crippen LogP contribution in [0.15, 0.2) is 46.9 Å². The molecule has 0 bridgehead atoms. The number of rotatable bonds is 5. The predicted octanol–water partition coefficient (Wildman–Crippen LogP) is 1.26. The zero-order chi connectivity index (χ0) is 15.1. The van der Waals surface area contributed by atoms with Crippen LogP contribution >= 0.6 is 11.3 Å². The van der Waals surface area contributed by atoms with Gasteiger partial charge < -0.3 is 9.88 Å². The van der Waals surface area contributed by atoms with Crippen LogP contribution in [-0.4, -0.2) is 22.9 Å². The van der Waals surface area contributed by atoms with Gasteiger partial charge in [-0.25, -0.2) is 0 Å². The largest absolute Gasteiger partial charge is 0.355 e. The summed E-state index contributed by atoms with van der Waals surface area (Å²) >= 11 is 1.41. The lowest BCUT2D eigenvalue weighted by molar-refractivity contribution is -0.120. The Morgan fingerprint density at radius 1 is 1.29 bits per heavy atom. The molecule has 0 aliphatic rings. The van der Waals surface area contributed by atoms with Crippen LogP contribution in [-0.2, 0) is 23.1 Å². The van der Waals surface area contributed by atoms with E-state index in [9.17, 15) is 9.59 Å². The van der Waals surface area contributed by atoms with E-state index >= 15 is 0 Å². The van der Waals surface area contributed by atoms with Crippen molar-refractivity contribution >= 4 is 23.2 Å². The van der Waals surface area contributed by atoms with Gasteiger partial charge in [0.25, 0.3) is 0 Å². The van der Waals surface area contributed by atoms with Crippen molar-refractivity contribution in [2.24, 2.45) is 12.0 Å². The van der Waals surface area contributed by atoms with Crippen molar-refractivity contribution < 1.29 is 9.59 Å². The molecule has 0 atom stereocenters. The number of aryl methyl sites for hydroxylation is 1. The number of aromatic nitrogens is 1. The second-order valence-electron chi connectivity index (χ2n) is 4.56. The highest BCUT2D eigenvalue weighted by molar-refractivity contribution is 7.07. The van der Waals surface area contributed by atoms with E-state index < -0.39 is 0 Å². The fourth-order valence-corrected chi connectivity index (χ4v) is 2.50. The molecular formula is C15H17N3O2S. The van der Waals surface area contributed by atoms with Crippen LogP contribution in [0.1, 0.15) is 12.0 Å². The predicted molar refractivity (Wildman–Crippen MR) is 81.6 cm³/mol. The summed E-state index contributed by atoms with van der Waals surface area (Å²) in [5, 5.41) is 4.60. The third kappa shape index (κ3) is 5.00. The SMILES string of the molecule is Cn1ccsc1=NC(=O)CCNC(=O)Cc1ccccc1. The van der Waals surface area contributed by atoms with E-state index in [4.69, 9.17) is 0 Å². The monoisotopic (exact) mass is 303 g/mol. The third-order valence-corrected chi connectivity index (χ3v) is 3.70. The first-order valence-electron chi connectivity index (χ1n) is 6.63. The van der Waals surface area contributed by atoms with Gasteiger partial charge in [0.2, 0.25) is 11.8 Å². The van der Waals surface area contributed by atoms with E-state index in [2.05, 4.69) is 10.3 Å². The first-order chi connectivity index (χ1) is 10.1. The molecule has 0 aliphatic carbocycles. The second-order valence-corrected chi connectivity index (χ2v) is 5.44. The number of hydrogen-bond acceptors (Lipinski definition) is 3. The zero-order valence-corrected chi connectivity index (χ0v) is 12.6. The minimum Gasteiger partial charge on any atom is -0.355 e. The molecule has 1 aromatic heterocycles. The van der Waals surface area contributed by atoms with Gasteiger partial charge in [0, 0.05) is 31.6 Å². The number of carbonyl (C=O) groups excluding carboxylic acids is 2. The van der Waals surface area contributed by atoms with Gasteiger partial charge in [0.05, 0.1) is 6.42 Å². The quantitative estimate of drug-likeness (QED) is 0.904. The Morgan fingerprint density at radius 2 is 2.05 bits per heavy atom. The lowest BCUT2D eigenvalue weighted by Gasteiger charge is -2.03. The highest BCUT2D eigenvalue weighted by Gasteiger charge is 2.04. The Morgan fingerprint density at radius 3 is 2.71 bits per heavy atom. The van der Waals surface area contributed by atoms with Gasteiger partial charge in [-0.1, -0.05) is 30.3 Å². The number of thiazole rings is 1. The Bertz CT molecular complexity index is 673. The summed E-state index contributed by atoms with van der Waals surface area (Å²) < 4.78 is 1.79. The first-order valence-corrected chi connectivity index (χ1v) is 7.51. The summed E-state index contributed by atoms with van der Waals surface area (Å²) in [4.78, 5) is 28.0. The first kappa shape index (κ1) is 15.2. The molecule has 6 heteroatoms. The van der Waals surface area contributed by atoms with Crippen LogP contribution < -0.4 is 10.1 Å². The van der Waals surface area contributed by atoms with Gasteiger partial charge in [0.1, 0.15) is 0 Å². The fourth-order valence-electron chi connectivity index (χ4n) is 1.75. The summed E-state index contributed by atoms with van der Waals surface area (Å²) in [5.41, 5.74) is 0.955. The average molecular weight is 303 g/mol. The van der Waals surface area contributed by atoms with E-state index in [-0.39, 0.29) is 18.2 Å². The summed E-state index contributed by atoms with van der Waals surface area (Å²) in [6, 6.07) is 9.50. The van der Waals surface area contributed by atoms with Gasteiger partial charge in [-0.3, -0.25) is 9.59 Å². The van der Waals surface area contributed by atoms with Gasteiger partial charge >= 0.3 is 0 Å². The summed E-state index contributed by atoms with van der Waals surface area (Å²) in [7, 11) is 1.84. The molecule has 110 valence electrons. The number of carbonyl (C=O) groups is 2. The number of benzene rings is 1. The Hall–Kier alpha value is -2.21. The van der Waals surface area contributed by atoms with E-state index in [0.717, 1.165) is 5.56 Å². The maximum atomic E-state index is 11.7. The van der Waals surface area contributed by atoms with E-state index in [1.807, 2.05) is 49.0 Å². The molecule has 5 nitrogen and oxygen atoms in total. The molecule has 1 aromatic carbocycles. The van der Waals surface area contributed by atoms with Gasteiger partial charge in [0.15, 0.2) is 4.80 Å². The molecule has 0 radical (unpaired) electrons. The van der Waals surface area contributed by atoms with Crippen molar-refractivity contribution in [2.75, 3.05) is 6.54 Å². The average Bonchev–Trinajstić information content (AvgIpc) is 2.85. The maximum absolute atomic E-state index is 11.7. The molecule has 21 heavy (non-hydrogen) atoms. The van der Waals surface area contributed by atoms with Crippen LogP contribution in [0.2, 0.25) is 0 Å². The summed E-state index contributed by atoms with van der Waals surface area (Å²) in [6.45, 7) is 0.309. The van der Waals surface area contributed by atoms with Crippen molar-refractivity contribution in [3.63, 3.8) is 0 Å². The van der Waals surface area contributed by atoms with Crippen molar-refractivity contribution in [1.29, 1.82) is 0 Å². The highest BCUT2D eigenvalue weighted by atomic mass is 32.1. The lowest BCUT2D eigenvalue weighted by Crippen LogP contribution is -2.27. The lowest BCUT2D eigenvalue weighted by atomic mass is 10.1.